The fourth-order valence-corrected chi connectivity index (χ4v) is 1.45. The van der Waals surface area contributed by atoms with E-state index in [1.54, 1.807) is 12.1 Å². The zero-order chi connectivity index (χ0) is 13.0. The van der Waals surface area contributed by atoms with Crippen molar-refractivity contribution in [1.29, 1.82) is 0 Å². The Labute approximate surface area is 107 Å². The largest absolute Gasteiger partial charge is 0.389 e. The summed E-state index contributed by atoms with van der Waals surface area (Å²) in [5.41, 5.74) is 6.49. The second-order valence-corrected chi connectivity index (χ2v) is 5.10. The van der Waals surface area contributed by atoms with Crippen molar-refractivity contribution in [1.82, 2.24) is 0 Å². The minimum absolute atomic E-state index is 0.214. The van der Waals surface area contributed by atoms with E-state index in [4.69, 9.17) is 18.0 Å². The van der Waals surface area contributed by atoms with Gasteiger partial charge in [0.15, 0.2) is 0 Å². The minimum atomic E-state index is -0.314. The first-order valence-electron chi connectivity index (χ1n) is 5.75. The van der Waals surface area contributed by atoms with Gasteiger partial charge in [-0.25, -0.2) is 4.39 Å². The lowest BCUT2D eigenvalue weighted by Crippen LogP contribution is -2.17. The Balaban J connectivity index is 2.70. The van der Waals surface area contributed by atoms with Crippen LogP contribution in [0.15, 0.2) is 18.2 Å². The van der Waals surface area contributed by atoms with Crippen LogP contribution in [0.1, 0.15) is 26.3 Å². The summed E-state index contributed by atoms with van der Waals surface area (Å²) in [7, 11) is 0. The number of hydrogen-bond donors (Lipinski definition) is 2. The molecule has 0 amide bonds. The molecule has 0 aliphatic carbocycles. The van der Waals surface area contributed by atoms with Gasteiger partial charge < -0.3 is 11.1 Å². The number of nitrogens with two attached hydrogens (primary N) is 1. The van der Waals surface area contributed by atoms with E-state index < -0.39 is 0 Å². The topological polar surface area (TPSA) is 38.0 Å². The molecule has 0 aliphatic rings. The zero-order valence-corrected chi connectivity index (χ0v) is 11.3. The molecule has 0 saturated carbocycles. The van der Waals surface area contributed by atoms with Gasteiger partial charge >= 0.3 is 0 Å². The Morgan fingerprint density at radius 3 is 2.53 bits per heavy atom. The van der Waals surface area contributed by atoms with Crippen LogP contribution in [0.3, 0.4) is 0 Å². The molecule has 0 saturated heterocycles. The minimum Gasteiger partial charge on any atom is -0.389 e. The van der Waals surface area contributed by atoms with Crippen LogP contribution in [0.4, 0.5) is 10.1 Å². The average molecular weight is 254 g/mol. The monoisotopic (exact) mass is 254 g/mol. The number of halogens is 1. The Bertz CT molecular complexity index is 404. The van der Waals surface area contributed by atoms with Crippen LogP contribution in [-0.2, 0) is 0 Å². The maximum Gasteiger partial charge on any atom is 0.146 e. The van der Waals surface area contributed by atoms with E-state index >= 15 is 0 Å². The van der Waals surface area contributed by atoms with Crippen molar-refractivity contribution >= 4 is 22.9 Å². The lowest BCUT2D eigenvalue weighted by Gasteiger charge is -2.17. The van der Waals surface area contributed by atoms with Crippen LogP contribution in [0.2, 0.25) is 0 Å². The molecule has 17 heavy (non-hydrogen) atoms. The summed E-state index contributed by atoms with van der Waals surface area (Å²) in [4.78, 5) is 0.214. The molecular weight excluding hydrogens is 235 g/mol. The molecule has 1 unspecified atom stereocenters. The third-order valence-corrected chi connectivity index (χ3v) is 3.24. The number of rotatable bonds is 5. The van der Waals surface area contributed by atoms with Gasteiger partial charge in [0.25, 0.3) is 0 Å². The molecule has 1 aromatic carbocycles. The van der Waals surface area contributed by atoms with E-state index in [0.717, 1.165) is 6.54 Å². The molecule has 2 nitrogen and oxygen atoms in total. The molecule has 0 aromatic heterocycles. The molecule has 0 radical (unpaired) electrons. The van der Waals surface area contributed by atoms with Crippen molar-refractivity contribution < 1.29 is 4.39 Å². The lowest BCUT2D eigenvalue weighted by molar-refractivity contribution is 0.439. The van der Waals surface area contributed by atoms with Crippen molar-refractivity contribution in [3.8, 4) is 0 Å². The smallest absolute Gasteiger partial charge is 0.146 e. The van der Waals surface area contributed by atoms with E-state index in [1.807, 2.05) is 0 Å². The normalized spacial score (nSPS) is 12.5. The quantitative estimate of drug-likeness (QED) is 0.793. The fourth-order valence-electron chi connectivity index (χ4n) is 1.32. The van der Waals surface area contributed by atoms with Gasteiger partial charge in [-0.2, -0.15) is 0 Å². The first-order chi connectivity index (χ1) is 7.91. The second-order valence-electron chi connectivity index (χ2n) is 4.66. The summed E-state index contributed by atoms with van der Waals surface area (Å²) in [5.74, 6) is 0.748. The van der Waals surface area contributed by atoms with Crippen LogP contribution in [-0.4, -0.2) is 11.5 Å². The Morgan fingerprint density at radius 1 is 1.41 bits per heavy atom. The molecule has 0 bridgehead atoms. The van der Waals surface area contributed by atoms with Crippen molar-refractivity contribution in [2.45, 2.75) is 20.8 Å². The van der Waals surface area contributed by atoms with E-state index in [1.165, 1.54) is 6.07 Å². The van der Waals surface area contributed by atoms with Crippen molar-refractivity contribution in [2.24, 2.45) is 17.6 Å². The summed E-state index contributed by atoms with van der Waals surface area (Å²) in [6.45, 7) is 7.19. The van der Waals surface area contributed by atoms with Gasteiger partial charge in [-0.05, 0) is 30.0 Å². The van der Waals surface area contributed by atoms with Crippen LogP contribution in [0.5, 0.6) is 0 Å². The molecule has 0 spiro atoms. The third-order valence-electron chi connectivity index (χ3n) is 3.01. The van der Waals surface area contributed by atoms with E-state index in [9.17, 15) is 4.39 Å². The number of thiocarbonyl (C=S) groups is 1. The lowest BCUT2D eigenvalue weighted by atomic mass is 9.98. The molecule has 0 aliphatic heterocycles. The highest BCUT2D eigenvalue weighted by atomic mass is 32.1. The maximum atomic E-state index is 13.7. The average Bonchev–Trinajstić information content (AvgIpc) is 2.26. The molecule has 1 atom stereocenters. The molecule has 0 fully saturated rings. The van der Waals surface area contributed by atoms with Crippen LogP contribution in [0.25, 0.3) is 0 Å². The molecule has 1 aromatic rings. The van der Waals surface area contributed by atoms with Gasteiger partial charge in [-0.15, -0.1) is 0 Å². The number of benzene rings is 1. The van der Waals surface area contributed by atoms with Crippen LogP contribution in [0, 0.1) is 17.7 Å². The summed E-state index contributed by atoms with van der Waals surface area (Å²) in [6, 6.07) is 4.77. The molecular formula is C13H19FN2S. The van der Waals surface area contributed by atoms with Crippen molar-refractivity contribution in [3.05, 3.63) is 29.6 Å². The number of anilines is 1. The molecule has 4 heteroatoms. The predicted octanol–water partition coefficient (Wildman–Crippen LogP) is 3.16. The van der Waals surface area contributed by atoms with E-state index in [-0.39, 0.29) is 10.8 Å². The Hall–Kier alpha value is -1.16. The van der Waals surface area contributed by atoms with Crippen molar-refractivity contribution in [3.63, 3.8) is 0 Å². The zero-order valence-electron chi connectivity index (χ0n) is 10.5. The number of nitrogens with one attached hydrogen (secondary N) is 1. The van der Waals surface area contributed by atoms with Gasteiger partial charge in [0, 0.05) is 12.1 Å². The first-order valence-corrected chi connectivity index (χ1v) is 6.16. The molecule has 3 N–H and O–H groups in total. The molecule has 0 heterocycles. The van der Waals surface area contributed by atoms with Crippen LogP contribution < -0.4 is 11.1 Å². The maximum absolute atomic E-state index is 13.7. The fraction of sp³-hybridized carbons (Fsp3) is 0.462. The highest BCUT2D eigenvalue weighted by molar-refractivity contribution is 7.80. The third kappa shape index (κ3) is 3.97. The SMILES string of the molecule is CC(C)C(C)CNc1ccc(C(N)=S)cc1F. The summed E-state index contributed by atoms with van der Waals surface area (Å²) >= 11 is 4.80. The van der Waals surface area contributed by atoms with Gasteiger partial charge in [-0.1, -0.05) is 33.0 Å². The van der Waals surface area contributed by atoms with Gasteiger partial charge in [0.05, 0.1) is 5.69 Å². The van der Waals surface area contributed by atoms with Crippen molar-refractivity contribution in [2.75, 3.05) is 11.9 Å². The molecule has 1 rings (SSSR count). The van der Waals surface area contributed by atoms with Crippen LogP contribution >= 0.6 is 12.2 Å². The second kappa shape index (κ2) is 5.96. The number of hydrogen-bond acceptors (Lipinski definition) is 2. The van der Waals surface area contributed by atoms with Gasteiger partial charge in [0.2, 0.25) is 0 Å². The first kappa shape index (κ1) is 13.9. The highest BCUT2D eigenvalue weighted by Crippen LogP contribution is 2.17. The summed E-state index contributed by atoms with van der Waals surface area (Å²) < 4.78 is 13.7. The Morgan fingerprint density at radius 2 is 2.06 bits per heavy atom. The highest BCUT2D eigenvalue weighted by Gasteiger charge is 2.09. The standard InChI is InChI=1S/C13H19FN2S/c1-8(2)9(3)7-16-12-5-4-10(13(15)17)6-11(12)14/h4-6,8-9,16H,7H2,1-3H3,(H2,15,17). The Kier molecular flexibility index (Phi) is 4.87. The summed E-state index contributed by atoms with van der Waals surface area (Å²) in [5, 5.41) is 3.10. The predicted molar refractivity (Wildman–Crippen MR) is 74.8 cm³/mol. The van der Waals surface area contributed by atoms with E-state index in [2.05, 4.69) is 26.1 Å². The van der Waals surface area contributed by atoms with Gasteiger partial charge in [-0.3, -0.25) is 0 Å². The van der Waals surface area contributed by atoms with Gasteiger partial charge in [0.1, 0.15) is 10.8 Å². The molecule has 94 valence electrons. The summed E-state index contributed by atoms with van der Waals surface area (Å²) in [6.07, 6.45) is 0. The van der Waals surface area contributed by atoms with E-state index in [0.29, 0.717) is 23.1 Å².